The molecule has 0 fully saturated rings. The van der Waals surface area contributed by atoms with Crippen LogP contribution in [0.4, 0.5) is 0 Å². The van der Waals surface area contributed by atoms with E-state index in [4.69, 9.17) is 0 Å². The van der Waals surface area contributed by atoms with Crippen molar-refractivity contribution in [3.05, 3.63) is 163 Å². The first kappa shape index (κ1) is 26.6. The Morgan fingerprint density at radius 3 is 1.61 bits per heavy atom. The number of nitrogens with zero attached hydrogens (tertiary/aromatic N) is 3. The highest BCUT2D eigenvalue weighted by Gasteiger charge is 2.36. The summed E-state index contributed by atoms with van der Waals surface area (Å²) in [7, 11) is 0. The monoisotopic (exact) mass is 589 g/mol. The highest BCUT2D eigenvalue weighted by atomic mass is 15.0. The van der Waals surface area contributed by atoms with Crippen LogP contribution in [0.1, 0.15) is 25.0 Å². The lowest BCUT2D eigenvalue weighted by atomic mass is 9.81. The van der Waals surface area contributed by atoms with Crippen LogP contribution in [0.25, 0.3) is 72.3 Å². The van der Waals surface area contributed by atoms with Crippen molar-refractivity contribution in [3.8, 4) is 50.5 Å². The first-order valence-corrected chi connectivity index (χ1v) is 15.8. The van der Waals surface area contributed by atoms with Crippen LogP contribution < -0.4 is 0 Å². The van der Waals surface area contributed by atoms with E-state index in [1.165, 1.54) is 72.0 Å². The van der Waals surface area contributed by atoms with Crippen LogP contribution >= 0.6 is 0 Å². The van der Waals surface area contributed by atoms with Gasteiger partial charge in [-0.1, -0.05) is 111 Å². The molecule has 2 heterocycles. The Morgan fingerprint density at radius 1 is 0.457 bits per heavy atom. The van der Waals surface area contributed by atoms with Crippen molar-refractivity contribution in [2.45, 2.75) is 19.3 Å². The summed E-state index contributed by atoms with van der Waals surface area (Å²) < 4.78 is 2.39. The molecule has 0 bridgehead atoms. The van der Waals surface area contributed by atoms with E-state index in [1.807, 2.05) is 6.07 Å². The summed E-state index contributed by atoms with van der Waals surface area (Å²) in [6.07, 6.45) is 3.56. The number of fused-ring (bicyclic) bond motifs is 6. The van der Waals surface area contributed by atoms with Crippen LogP contribution in [0.2, 0.25) is 0 Å². The molecule has 0 aliphatic heterocycles. The number of benzene rings is 6. The number of hydrogen-bond acceptors (Lipinski definition) is 2. The van der Waals surface area contributed by atoms with Crippen LogP contribution in [0.15, 0.2) is 152 Å². The second-order valence-corrected chi connectivity index (χ2v) is 12.7. The van der Waals surface area contributed by atoms with Crippen molar-refractivity contribution in [2.75, 3.05) is 0 Å². The van der Waals surface area contributed by atoms with E-state index in [9.17, 15) is 0 Å². The molecule has 6 aromatic carbocycles. The van der Waals surface area contributed by atoms with Crippen LogP contribution in [0, 0.1) is 0 Å². The van der Waals surface area contributed by atoms with E-state index < -0.39 is 0 Å². The predicted molar refractivity (Wildman–Crippen MR) is 190 cm³/mol. The largest absolute Gasteiger partial charge is 0.309 e. The van der Waals surface area contributed by atoms with E-state index in [0.29, 0.717) is 0 Å². The molecule has 0 unspecified atom stereocenters. The summed E-state index contributed by atoms with van der Waals surface area (Å²) in [5.74, 6) is 0.746. The van der Waals surface area contributed by atoms with Gasteiger partial charge in [-0.3, -0.25) is 0 Å². The van der Waals surface area contributed by atoms with Gasteiger partial charge in [-0.15, -0.1) is 0 Å². The third kappa shape index (κ3) is 4.05. The molecule has 2 aromatic heterocycles. The zero-order chi connectivity index (χ0) is 30.8. The number of rotatable bonds is 4. The van der Waals surface area contributed by atoms with Crippen LogP contribution in [0.3, 0.4) is 0 Å². The standard InChI is InChI=1S/C43H31N3/c1-43(2)38-26-31(28-15-17-29(18-16-28)42-44-23-8-24-45-42)19-21-34(38)35-22-20-32(27-39(35)43)30-9-7-10-33(25-30)46-40-13-5-3-11-36(40)37-12-4-6-14-41(37)46/h3-27H,1-2H3. The lowest BCUT2D eigenvalue weighted by Gasteiger charge is -2.23. The lowest BCUT2D eigenvalue weighted by molar-refractivity contribution is 0.661. The maximum Gasteiger partial charge on any atom is 0.159 e. The fraction of sp³-hybridized carbons (Fsp3) is 0.0698. The zero-order valence-electron chi connectivity index (χ0n) is 25.8. The van der Waals surface area contributed by atoms with Crippen molar-refractivity contribution < 1.29 is 0 Å². The second-order valence-electron chi connectivity index (χ2n) is 12.7. The van der Waals surface area contributed by atoms with Gasteiger partial charge in [0.25, 0.3) is 0 Å². The normalized spacial score (nSPS) is 13.2. The van der Waals surface area contributed by atoms with Crippen LogP contribution in [-0.4, -0.2) is 14.5 Å². The van der Waals surface area contributed by atoms with Gasteiger partial charge in [0.05, 0.1) is 11.0 Å². The fourth-order valence-corrected chi connectivity index (χ4v) is 7.38. The molecular formula is C43H31N3. The minimum absolute atomic E-state index is 0.126. The molecular weight excluding hydrogens is 558 g/mol. The summed E-state index contributed by atoms with van der Waals surface area (Å²) >= 11 is 0. The first-order chi connectivity index (χ1) is 22.6. The highest BCUT2D eigenvalue weighted by molar-refractivity contribution is 6.09. The van der Waals surface area contributed by atoms with E-state index in [1.54, 1.807) is 12.4 Å². The molecule has 1 aliphatic carbocycles. The van der Waals surface area contributed by atoms with Crippen molar-refractivity contribution in [1.82, 2.24) is 14.5 Å². The third-order valence-corrected chi connectivity index (χ3v) is 9.74. The predicted octanol–water partition coefficient (Wildman–Crippen LogP) is 10.9. The van der Waals surface area contributed by atoms with Crippen LogP contribution in [-0.2, 0) is 5.41 Å². The van der Waals surface area contributed by atoms with E-state index in [2.05, 4.69) is 162 Å². The summed E-state index contributed by atoms with van der Waals surface area (Å²) in [6.45, 7) is 4.71. The van der Waals surface area contributed by atoms with Crippen molar-refractivity contribution in [2.24, 2.45) is 0 Å². The molecule has 218 valence electrons. The lowest BCUT2D eigenvalue weighted by Crippen LogP contribution is -2.15. The molecule has 0 amide bonds. The third-order valence-electron chi connectivity index (χ3n) is 9.74. The smallest absolute Gasteiger partial charge is 0.159 e. The van der Waals surface area contributed by atoms with E-state index in [-0.39, 0.29) is 5.41 Å². The minimum Gasteiger partial charge on any atom is -0.309 e. The molecule has 3 heteroatoms. The Labute approximate surface area is 268 Å². The first-order valence-electron chi connectivity index (χ1n) is 15.8. The quantitative estimate of drug-likeness (QED) is 0.204. The van der Waals surface area contributed by atoms with Gasteiger partial charge in [-0.25, -0.2) is 9.97 Å². The second kappa shape index (κ2) is 10.1. The Morgan fingerprint density at radius 2 is 0.978 bits per heavy atom. The van der Waals surface area contributed by atoms with Gasteiger partial charge >= 0.3 is 0 Å². The van der Waals surface area contributed by atoms with Gasteiger partial charge in [0.1, 0.15) is 0 Å². The van der Waals surface area contributed by atoms with Gasteiger partial charge in [0.15, 0.2) is 5.82 Å². The van der Waals surface area contributed by atoms with Gasteiger partial charge in [-0.2, -0.15) is 0 Å². The summed E-state index contributed by atoms with van der Waals surface area (Å²) in [5.41, 5.74) is 14.8. The van der Waals surface area contributed by atoms with Gasteiger partial charge < -0.3 is 4.57 Å². The molecule has 0 saturated carbocycles. The molecule has 0 spiro atoms. The molecule has 0 atom stereocenters. The van der Waals surface area contributed by atoms with Crippen molar-refractivity contribution >= 4 is 21.8 Å². The maximum absolute atomic E-state index is 4.40. The Bertz CT molecular complexity index is 2380. The average Bonchev–Trinajstić information content (AvgIpc) is 3.57. The maximum atomic E-state index is 4.40. The van der Waals surface area contributed by atoms with E-state index >= 15 is 0 Å². The minimum atomic E-state index is -0.126. The SMILES string of the molecule is CC1(C)c2cc(-c3ccc(-c4ncccn4)cc3)ccc2-c2ccc(-c3cccc(-n4c5ccccc5c5ccccc54)c3)cc21. The number of para-hydroxylation sites is 2. The highest BCUT2D eigenvalue weighted by Crippen LogP contribution is 2.50. The molecule has 9 rings (SSSR count). The van der Waals surface area contributed by atoms with Crippen LogP contribution in [0.5, 0.6) is 0 Å². The summed E-state index contributed by atoms with van der Waals surface area (Å²) in [4.78, 5) is 8.80. The van der Waals surface area contributed by atoms with Crippen molar-refractivity contribution in [3.63, 3.8) is 0 Å². The van der Waals surface area contributed by atoms with Gasteiger partial charge in [-0.05, 0) is 87.0 Å². The molecule has 3 nitrogen and oxygen atoms in total. The molecule has 8 aromatic rings. The summed E-state index contributed by atoms with van der Waals surface area (Å²) in [6, 6.07) is 50.7. The molecule has 0 saturated heterocycles. The fourth-order valence-electron chi connectivity index (χ4n) is 7.38. The Balaban J connectivity index is 1.09. The molecule has 46 heavy (non-hydrogen) atoms. The molecule has 0 N–H and O–H groups in total. The Hall–Kier alpha value is -5.80. The van der Waals surface area contributed by atoms with Gasteiger partial charge in [0, 0.05) is 39.8 Å². The van der Waals surface area contributed by atoms with E-state index in [0.717, 1.165) is 11.4 Å². The molecule has 1 aliphatic rings. The molecule has 0 radical (unpaired) electrons. The zero-order valence-corrected chi connectivity index (χ0v) is 25.8. The Kier molecular flexibility index (Phi) is 5.85. The van der Waals surface area contributed by atoms with Gasteiger partial charge in [0.2, 0.25) is 0 Å². The topological polar surface area (TPSA) is 30.7 Å². The average molecular weight is 590 g/mol. The summed E-state index contributed by atoms with van der Waals surface area (Å²) in [5, 5.41) is 2.56. The van der Waals surface area contributed by atoms with Crippen molar-refractivity contribution in [1.29, 1.82) is 0 Å². The number of hydrogen-bond donors (Lipinski definition) is 0. The number of aromatic nitrogens is 3.